The number of carbonyl (C=O) groups is 1. The topological polar surface area (TPSA) is 86.3 Å². The molecule has 1 atom stereocenters. The van der Waals surface area contributed by atoms with Crippen molar-refractivity contribution < 1.29 is 23.1 Å². The van der Waals surface area contributed by atoms with Crippen LogP contribution in [0.3, 0.4) is 0 Å². The van der Waals surface area contributed by atoms with Crippen LogP contribution in [0.25, 0.3) is 0 Å². The molecule has 0 saturated heterocycles. The summed E-state index contributed by atoms with van der Waals surface area (Å²) >= 11 is 1.33. The summed E-state index contributed by atoms with van der Waals surface area (Å²) in [6.45, 7) is 0.283. The largest absolute Gasteiger partial charge is 0.446 e. The molecule has 3 aromatic rings. The van der Waals surface area contributed by atoms with Crippen molar-refractivity contribution in [1.82, 2.24) is 14.9 Å². The molecule has 1 aliphatic carbocycles. The Bertz CT molecular complexity index is 1300. The van der Waals surface area contributed by atoms with Gasteiger partial charge in [-0.25, -0.2) is 4.98 Å². The number of hydrogen-bond acceptors (Lipinski definition) is 6. The van der Waals surface area contributed by atoms with Gasteiger partial charge in [-0.05, 0) is 66.6 Å². The predicted octanol–water partition coefficient (Wildman–Crippen LogP) is 4.53. The molecule has 1 amide bonds. The van der Waals surface area contributed by atoms with Crippen LogP contribution in [0.2, 0.25) is 0 Å². The van der Waals surface area contributed by atoms with Gasteiger partial charge in [0, 0.05) is 16.3 Å². The van der Waals surface area contributed by atoms with Gasteiger partial charge in [0.15, 0.2) is 6.10 Å². The molecule has 1 fully saturated rings. The number of aromatic amines is 1. The first kappa shape index (κ1) is 24.1. The summed E-state index contributed by atoms with van der Waals surface area (Å²) in [6.07, 6.45) is 1.27. The zero-order valence-corrected chi connectivity index (χ0v) is 20.1. The van der Waals surface area contributed by atoms with Crippen molar-refractivity contribution in [3.8, 4) is 0 Å². The maximum Gasteiger partial charge on any atom is 0.446 e. The molecule has 1 aromatic carbocycles. The van der Waals surface area contributed by atoms with Gasteiger partial charge >= 0.3 is 5.51 Å². The van der Waals surface area contributed by atoms with Gasteiger partial charge < -0.3 is 15.0 Å². The first-order valence-corrected chi connectivity index (χ1v) is 12.8. The third kappa shape index (κ3) is 4.89. The lowest BCUT2D eigenvalue weighted by Gasteiger charge is -2.24. The number of nitrogens with zero attached hydrogens (tertiary/aromatic N) is 2. The number of nitrogens with one attached hydrogen (secondary N) is 1. The number of fused-ring (bicyclic) bond motifs is 1. The number of aliphatic hydroxyl groups excluding tert-OH is 1. The Balaban J connectivity index is 1.37. The van der Waals surface area contributed by atoms with Crippen LogP contribution in [0, 0.1) is 0 Å². The third-order valence-electron chi connectivity index (χ3n) is 6.44. The highest BCUT2D eigenvalue weighted by Gasteiger charge is 2.49. The number of alkyl halides is 3. The van der Waals surface area contributed by atoms with Crippen molar-refractivity contribution >= 4 is 29.0 Å². The normalized spacial score (nSPS) is 18.0. The van der Waals surface area contributed by atoms with Crippen LogP contribution in [-0.4, -0.2) is 37.9 Å². The molecule has 0 radical (unpaired) electrons. The second kappa shape index (κ2) is 9.11. The lowest BCUT2D eigenvalue weighted by Crippen LogP contribution is -2.36. The minimum atomic E-state index is -4.47. The van der Waals surface area contributed by atoms with Crippen LogP contribution in [0.5, 0.6) is 0 Å². The van der Waals surface area contributed by atoms with Crippen LogP contribution in [0.1, 0.15) is 52.9 Å². The highest BCUT2D eigenvalue weighted by molar-refractivity contribution is 8.00. The van der Waals surface area contributed by atoms with E-state index in [1.807, 2.05) is 17.5 Å². The molecule has 1 aliphatic heterocycles. The number of amides is 1. The van der Waals surface area contributed by atoms with E-state index in [1.165, 1.54) is 28.0 Å². The Morgan fingerprint density at radius 1 is 1.26 bits per heavy atom. The summed E-state index contributed by atoms with van der Waals surface area (Å²) in [6, 6.07) is 9.24. The van der Waals surface area contributed by atoms with Gasteiger partial charge in [-0.2, -0.15) is 13.2 Å². The molecule has 35 heavy (non-hydrogen) atoms. The summed E-state index contributed by atoms with van der Waals surface area (Å²) in [5.41, 5.74) is -3.92. The summed E-state index contributed by atoms with van der Waals surface area (Å²) in [7, 11) is 0. The number of hydrogen-bond donors (Lipinski definition) is 2. The van der Waals surface area contributed by atoms with Crippen LogP contribution in [0.15, 0.2) is 51.5 Å². The standard InChI is InChI=1S/C24H22F3N3O3S2/c25-24(26,27)35-15-5-1-4-14(12-15)19(31)21(33)30-10-2-6-17-16(13-30)20(32)29-22(28-17)23(8-9-23)18-7-3-11-34-18/h1,3-5,7,11-12,19,31H,2,6,8-10,13H2,(H,28,29,32). The summed E-state index contributed by atoms with van der Waals surface area (Å²) in [5, 5.41) is 12.7. The fraction of sp³-hybridized carbons (Fsp3) is 0.375. The molecule has 6 nitrogen and oxygen atoms in total. The minimum Gasteiger partial charge on any atom is -0.378 e. The monoisotopic (exact) mass is 521 g/mol. The number of rotatable bonds is 5. The molecule has 2 aliphatic rings. The Hall–Kier alpha value is -2.63. The van der Waals surface area contributed by atoms with E-state index in [-0.39, 0.29) is 39.7 Å². The predicted molar refractivity (Wildman–Crippen MR) is 126 cm³/mol. The van der Waals surface area contributed by atoms with Gasteiger partial charge in [-0.3, -0.25) is 9.59 Å². The molecule has 2 N–H and O–H groups in total. The third-order valence-corrected chi connectivity index (χ3v) is 8.24. The molecule has 0 spiro atoms. The lowest BCUT2D eigenvalue weighted by molar-refractivity contribution is -0.141. The van der Waals surface area contributed by atoms with E-state index in [2.05, 4.69) is 4.98 Å². The van der Waals surface area contributed by atoms with E-state index in [9.17, 15) is 27.9 Å². The summed E-state index contributed by atoms with van der Waals surface area (Å²) in [5.74, 6) is -0.00442. The highest BCUT2D eigenvalue weighted by Crippen LogP contribution is 2.53. The van der Waals surface area contributed by atoms with E-state index in [4.69, 9.17) is 4.98 Å². The average molecular weight is 522 g/mol. The number of aromatic nitrogens is 2. The smallest absolute Gasteiger partial charge is 0.378 e. The molecule has 184 valence electrons. The molecule has 1 unspecified atom stereocenters. The van der Waals surface area contributed by atoms with E-state index in [0.717, 1.165) is 18.9 Å². The van der Waals surface area contributed by atoms with E-state index in [0.29, 0.717) is 36.5 Å². The number of halogens is 3. The fourth-order valence-electron chi connectivity index (χ4n) is 4.51. The number of thioether (sulfide) groups is 1. The quantitative estimate of drug-likeness (QED) is 0.482. The number of aryl methyl sites for hydroxylation is 1. The molecule has 0 bridgehead atoms. The number of thiophene rings is 1. The molecule has 5 rings (SSSR count). The Kier molecular flexibility index (Phi) is 6.27. The van der Waals surface area contributed by atoms with Crippen molar-refractivity contribution in [3.63, 3.8) is 0 Å². The second-order valence-electron chi connectivity index (χ2n) is 8.79. The van der Waals surface area contributed by atoms with Crippen LogP contribution in [-0.2, 0) is 23.2 Å². The zero-order chi connectivity index (χ0) is 24.8. The van der Waals surface area contributed by atoms with Crippen LogP contribution < -0.4 is 5.56 Å². The van der Waals surface area contributed by atoms with Crippen LogP contribution in [0.4, 0.5) is 13.2 Å². The first-order valence-electron chi connectivity index (χ1n) is 11.2. The Morgan fingerprint density at radius 2 is 2.06 bits per heavy atom. The minimum absolute atomic E-state index is 0.0170. The highest BCUT2D eigenvalue weighted by atomic mass is 32.2. The molecule has 11 heteroatoms. The van der Waals surface area contributed by atoms with Crippen LogP contribution >= 0.6 is 23.1 Å². The number of H-pyrrole nitrogens is 1. The first-order chi connectivity index (χ1) is 16.7. The SMILES string of the molecule is O=C(C(O)c1cccc(SC(F)(F)F)c1)N1CCCc2nc(C3(c4cccs4)CC3)[nH]c(=O)c2C1. The van der Waals surface area contributed by atoms with Gasteiger partial charge in [-0.15, -0.1) is 11.3 Å². The van der Waals surface area contributed by atoms with Gasteiger partial charge in [0.1, 0.15) is 5.82 Å². The van der Waals surface area contributed by atoms with Crippen molar-refractivity contribution in [3.05, 3.63) is 79.7 Å². The van der Waals surface area contributed by atoms with Crippen molar-refractivity contribution in [2.24, 2.45) is 0 Å². The van der Waals surface area contributed by atoms with E-state index >= 15 is 0 Å². The van der Waals surface area contributed by atoms with Crippen molar-refractivity contribution in [2.45, 2.75) is 54.2 Å². The fourth-order valence-corrected chi connectivity index (χ4v) is 6.11. The van der Waals surface area contributed by atoms with Gasteiger partial charge in [-0.1, -0.05) is 18.2 Å². The Labute approximate surface area is 207 Å². The molecular formula is C24H22F3N3O3S2. The molecule has 2 aromatic heterocycles. The number of carbonyl (C=O) groups excluding carboxylic acids is 1. The van der Waals surface area contributed by atoms with Crippen molar-refractivity contribution in [2.75, 3.05) is 6.54 Å². The van der Waals surface area contributed by atoms with Gasteiger partial charge in [0.25, 0.3) is 11.5 Å². The summed E-state index contributed by atoms with van der Waals surface area (Å²) in [4.78, 5) is 36.3. The molecular weight excluding hydrogens is 499 g/mol. The molecule has 3 heterocycles. The van der Waals surface area contributed by atoms with E-state index < -0.39 is 17.5 Å². The maximum absolute atomic E-state index is 13.1. The van der Waals surface area contributed by atoms with Gasteiger partial charge in [0.05, 0.1) is 23.2 Å². The number of aliphatic hydroxyl groups is 1. The number of benzene rings is 1. The van der Waals surface area contributed by atoms with E-state index in [1.54, 1.807) is 11.3 Å². The zero-order valence-electron chi connectivity index (χ0n) is 18.5. The van der Waals surface area contributed by atoms with Gasteiger partial charge in [0.2, 0.25) is 0 Å². The lowest BCUT2D eigenvalue weighted by atomic mass is 10.0. The Morgan fingerprint density at radius 3 is 2.74 bits per heavy atom. The second-order valence-corrected chi connectivity index (χ2v) is 10.9. The summed E-state index contributed by atoms with van der Waals surface area (Å²) < 4.78 is 38.2. The molecule has 1 saturated carbocycles. The average Bonchev–Trinajstić information content (AvgIpc) is 3.49. The van der Waals surface area contributed by atoms with Crippen molar-refractivity contribution in [1.29, 1.82) is 0 Å². The maximum atomic E-state index is 13.1.